The van der Waals surface area contributed by atoms with E-state index in [-0.39, 0.29) is 11.9 Å². The lowest BCUT2D eigenvalue weighted by atomic mass is 10.2. The molecular weight excluding hydrogens is 268 g/mol. The Hall–Kier alpha value is -0.870. The first-order chi connectivity index (χ1) is 7.50. The minimum atomic E-state index is -0.154. The van der Waals surface area contributed by atoms with E-state index < -0.39 is 0 Å². The van der Waals surface area contributed by atoms with Crippen molar-refractivity contribution >= 4 is 21.8 Å². The second kappa shape index (κ2) is 6.01. The lowest BCUT2D eigenvalue weighted by Crippen LogP contribution is -2.41. The van der Waals surface area contributed by atoms with Gasteiger partial charge in [-0.05, 0) is 24.6 Å². The Morgan fingerprint density at radius 1 is 1.38 bits per heavy atom. The molecule has 3 nitrogen and oxygen atoms in total. The second-order valence-corrected chi connectivity index (χ2v) is 4.88. The first-order valence-corrected chi connectivity index (χ1v) is 5.99. The Balaban J connectivity index is 2.45. The third-order valence-corrected chi connectivity index (χ3v) is 2.87. The van der Waals surface area contributed by atoms with Gasteiger partial charge in [0.2, 0.25) is 5.91 Å². The summed E-state index contributed by atoms with van der Waals surface area (Å²) in [6.45, 7) is 2.58. The summed E-state index contributed by atoms with van der Waals surface area (Å²) in [5, 5.41) is 3.19. The molecule has 0 radical (unpaired) electrons. The van der Waals surface area contributed by atoms with Crippen molar-refractivity contribution in [2.24, 2.45) is 0 Å². The average molecular weight is 285 g/mol. The maximum Gasteiger partial charge on any atom is 0.238 e. The highest BCUT2D eigenvalue weighted by Crippen LogP contribution is 2.10. The van der Waals surface area contributed by atoms with Gasteiger partial charge < -0.3 is 10.2 Å². The number of amides is 1. The van der Waals surface area contributed by atoms with Crippen LogP contribution in [0.3, 0.4) is 0 Å². The van der Waals surface area contributed by atoms with E-state index in [1.807, 2.05) is 31.2 Å². The van der Waals surface area contributed by atoms with Crippen LogP contribution in [0.15, 0.2) is 28.7 Å². The third kappa shape index (κ3) is 3.94. The van der Waals surface area contributed by atoms with E-state index in [1.54, 1.807) is 19.0 Å². The van der Waals surface area contributed by atoms with Gasteiger partial charge in [0.25, 0.3) is 0 Å². The Bertz CT molecular complexity index is 349. The molecule has 1 atom stereocenters. The molecule has 4 heteroatoms. The molecule has 1 rings (SSSR count). The molecule has 0 fully saturated rings. The van der Waals surface area contributed by atoms with Crippen LogP contribution >= 0.6 is 15.9 Å². The SMILES string of the molecule is C[C@@H](NCc1ccc(Br)cc1)C(=O)N(C)C. The molecular formula is C12H17BrN2O. The standard InChI is InChI=1S/C12H17BrN2O/c1-9(12(16)15(2)3)14-8-10-4-6-11(13)7-5-10/h4-7,9,14H,8H2,1-3H3/t9-/m1/s1. The number of nitrogens with zero attached hydrogens (tertiary/aromatic N) is 1. The molecule has 0 saturated heterocycles. The summed E-state index contributed by atoms with van der Waals surface area (Å²) in [5.41, 5.74) is 1.17. The molecule has 0 aliphatic carbocycles. The summed E-state index contributed by atoms with van der Waals surface area (Å²) >= 11 is 3.39. The van der Waals surface area contributed by atoms with Gasteiger partial charge in [-0.1, -0.05) is 28.1 Å². The Morgan fingerprint density at radius 2 is 1.94 bits per heavy atom. The molecule has 0 unspecified atom stereocenters. The summed E-state index contributed by atoms with van der Waals surface area (Å²) < 4.78 is 1.06. The zero-order valence-electron chi connectivity index (χ0n) is 9.83. The van der Waals surface area contributed by atoms with Crippen LogP contribution in [0.2, 0.25) is 0 Å². The molecule has 0 aliphatic heterocycles. The van der Waals surface area contributed by atoms with Crippen LogP contribution in [0.5, 0.6) is 0 Å². The maximum atomic E-state index is 11.6. The Morgan fingerprint density at radius 3 is 2.44 bits per heavy atom. The van der Waals surface area contributed by atoms with Gasteiger partial charge in [0.05, 0.1) is 6.04 Å². The number of halogens is 1. The lowest BCUT2D eigenvalue weighted by molar-refractivity contribution is -0.130. The van der Waals surface area contributed by atoms with Gasteiger partial charge in [-0.3, -0.25) is 4.79 Å². The van der Waals surface area contributed by atoms with E-state index in [0.29, 0.717) is 6.54 Å². The van der Waals surface area contributed by atoms with Crippen LogP contribution < -0.4 is 5.32 Å². The molecule has 1 N–H and O–H groups in total. The molecule has 16 heavy (non-hydrogen) atoms. The fraction of sp³-hybridized carbons (Fsp3) is 0.417. The van der Waals surface area contributed by atoms with E-state index >= 15 is 0 Å². The van der Waals surface area contributed by atoms with Gasteiger partial charge in [-0.15, -0.1) is 0 Å². The van der Waals surface area contributed by atoms with Crippen molar-refractivity contribution in [2.75, 3.05) is 14.1 Å². The molecule has 1 amide bonds. The minimum Gasteiger partial charge on any atom is -0.347 e. The van der Waals surface area contributed by atoms with Crippen molar-refractivity contribution in [3.8, 4) is 0 Å². The largest absolute Gasteiger partial charge is 0.347 e. The summed E-state index contributed by atoms with van der Waals surface area (Å²) in [7, 11) is 3.53. The Labute approximate surface area is 105 Å². The van der Waals surface area contributed by atoms with E-state index in [2.05, 4.69) is 21.2 Å². The quantitative estimate of drug-likeness (QED) is 0.918. The smallest absolute Gasteiger partial charge is 0.238 e. The predicted molar refractivity (Wildman–Crippen MR) is 69.1 cm³/mol. The molecule has 0 heterocycles. The highest BCUT2D eigenvalue weighted by atomic mass is 79.9. The van der Waals surface area contributed by atoms with Gasteiger partial charge >= 0.3 is 0 Å². The van der Waals surface area contributed by atoms with Gasteiger partial charge in [0, 0.05) is 25.1 Å². The number of nitrogens with one attached hydrogen (secondary N) is 1. The maximum absolute atomic E-state index is 11.6. The fourth-order valence-corrected chi connectivity index (χ4v) is 1.61. The number of hydrogen-bond donors (Lipinski definition) is 1. The monoisotopic (exact) mass is 284 g/mol. The number of benzene rings is 1. The summed E-state index contributed by atoms with van der Waals surface area (Å²) in [6, 6.07) is 7.90. The van der Waals surface area contributed by atoms with Crippen LogP contribution in [-0.2, 0) is 11.3 Å². The van der Waals surface area contributed by atoms with Gasteiger partial charge in [0.15, 0.2) is 0 Å². The number of carbonyl (C=O) groups excluding carboxylic acids is 1. The molecule has 0 aliphatic rings. The van der Waals surface area contributed by atoms with Crippen LogP contribution in [-0.4, -0.2) is 30.9 Å². The van der Waals surface area contributed by atoms with Crippen LogP contribution in [0.1, 0.15) is 12.5 Å². The number of carbonyl (C=O) groups is 1. The average Bonchev–Trinajstić information content (AvgIpc) is 2.26. The van der Waals surface area contributed by atoms with Crippen molar-refractivity contribution in [1.29, 1.82) is 0 Å². The number of hydrogen-bond acceptors (Lipinski definition) is 2. The van der Waals surface area contributed by atoms with Gasteiger partial charge in [-0.25, -0.2) is 0 Å². The summed E-state index contributed by atoms with van der Waals surface area (Å²) in [6.07, 6.45) is 0. The zero-order valence-corrected chi connectivity index (χ0v) is 11.4. The lowest BCUT2D eigenvalue weighted by Gasteiger charge is -2.18. The molecule has 1 aromatic carbocycles. The molecule has 0 bridgehead atoms. The highest BCUT2D eigenvalue weighted by molar-refractivity contribution is 9.10. The molecule has 0 aromatic heterocycles. The van der Waals surface area contributed by atoms with Crippen LogP contribution in [0.25, 0.3) is 0 Å². The number of rotatable bonds is 4. The van der Waals surface area contributed by atoms with E-state index in [0.717, 1.165) is 4.47 Å². The molecule has 0 saturated carbocycles. The highest BCUT2D eigenvalue weighted by Gasteiger charge is 2.13. The summed E-state index contributed by atoms with van der Waals surface area (Å²) in [4.78, 5) is 13.2. The molecule has 0 spiro atoms. The minimum absolute atomic E-state index is 0.0945. The molecule has 1 aromatic rings. The topological polar surface area (TPSA) is 32.3 Å². The van der Waals surface area contributed by atoms with E-state index in [9.17, 15) is 4.79 Å². The normalized spacial score (nSPS) is 12.2. The van der Waals surface area contributed by atoms with Crippen LogP contribution in [0.4, 0.5) is 0 Å². The molecule has 88 valence electrons. The zero-order chi connectivity index (χ0) is 12.1. The number of likely N-dealkylation sites (N-methyl/N-ethyl adjacent to an activating group) is 1. The van der Waals surface area contributed by atoms with Crippen molar-refractivity contribution in [3.05, 3.63) is 34.3 Å². The first kappa shape index (κ1) is 13.2. The first-order valence-electron chi connectivity index (χ1n) is 5.19. The van der Waals surface area contributed by atoms with Crippen molar-refractivity contribution in [3.63, 3.8) is 0 Å². The fourth-order valence-electron chi connectivity index (χ4n) is 1.35. The van der Waals surface area contributed by atoms with Gasteiger partial charge in [0.1, 0.15) is 0 Å². The van der Waals surface area contributed by atoms with Gasteiger partial charge in [-0.2, -0.15) is 0 Å². The predicted octanol–water partition coefficient (Wildman–Crippen LogP) is 2.02. The Kier molecular flexibility index (Phi) is 4.96. The second-order valence-electron chi connectivity index (χ2n) is 3.96. The van der Waals surface area contributed by atoms with E-state index in [4.69, 9.17) is 0 Å². The third-order valence-electron chi connectivity index (χ3n) is 2.34. The van der Waals surface area contributed by atoms with Crippen molar-refractivity contribution in [1.82, 2.24) is 10.2 Å². The summed E-state index contributed by atoms with van der Waals surface area (Å²) in [5.74, 6) is 0.0945. The van der Waals surface area contributed by atoms with E-state index in [1.165, 1.54) is 5.56 Å². The van der Waals surface area contributed by atoms with Crippen LogP contribution in [0, 0.1) is 0 Å². The van der Waals surface area contributed by atoms with Crippen molar-refractivity contribution in [2.45, 2.75) is 19.5 Å². The van der Waals surface area contributed by atoms with Crippen molar-refractivity contribution < 1.29 is 4.79 Å².